The number of pyridine rings is 2. The average Bonchev–Trinajstić information content (AvgIpc) is 2.93. The van der Waals surface area contributed by atoms with Crippen molar-refractivity contribution in [2.24, 2.45) is 5.73 Å². The molecule has 5 N–H and O–H groups in total. The van der Waals surface area contributed by atoms with Gasteiger partial charge in [0, 0.05) is 28.4 Å². The first-order chi connectivity index (χ1) is 19.2. The minimum atomic E-state index is -5.32. The van der Waals surface area contributed by atoms with Crippen molar-refractivity contribution in [3.63, 3.8) is 0 Å². The lowest BCUT2D eigenvalue weighted by atomic mass is 9.88. The highest BCUT2D eigenvalue weighted by atomic mass is 19.4. The van der Waals surface area contributed by atoms with Gasteiger partial charge in [0.25, 0.3) is 5.91 Å². The first-order valence-electron chi connectivity index (χ1n) is 12.2. The second kappa shape index (κ2) is 12.2. The number of hydrogen-bond donors (Lipinski definition) is 4. The van der Waals surface area contributed by atoms with Crippen LogP contribution in [0.1, 0.15) is 35.5 Å². The van der Waals surface area contributed by atoms with Crippen LogP contribution in [0.5, 0.6) is 17.2 Å². The first-order valence-corrected chi connectivity index (χ1v) is 12.2. The zero-order valence-corrected chi connectivity index (χ0v) is 22.7. The molecule has 0 spiro atoms. The number of aromatic nitrogens is 2. The van der Waals surface area contributed by atoms with Crippen molar-refractivity contribution in [1.29, 1.82) is 0 Å². The number of halogens is 4. The van der Waals surface area contributed by atoms with Crippen molar-refractivity contribution in [3.05, 3.63) is 65.4 Å². The lowest BCUT2D eigenvalue weighted by Crippen LogP contribution is -2.51. The number of nitrogens with two attached hydrogens (primary N) is 1. The van der Waals surface area contributed by atoms with Crippen LogP contribution in [0.15, 0.2) is 42.6 Å². The molecule has 3 rings (SSSR count). The summed E-state index contributed by atoms with van der Waals surface area (Å²) in [7, 11) is 2.56. The van der Waals surface area contributed by atoms with E-state index in [9.17, 15) is 27.5 Å². The maximum atomic E-state index is 14.5. The van der Waals surface area contributed by atoms with Gasteiger partial charge in [-0.15, -0.1) is 0 Å². The van der Waals surface area contributed by atoms with E-state index in [1.165, 1.54) is 52.3 Å². The first kappa shape index (κ1) is 31.5. The number of methoxy groups -OCH3 is 2. The molecule has 2 aromatic heterocycles. The maximum absolute atomic E-state index is 14.5. The number of benzene rings is 1. The second-order valence-corrected chi connectivity index (χ2v) is 9.51. The van der Waals surface area contributed by atoms with E-state index in [1.807, 2.05) is 0 Å². The van der Waals surface area contributed by atoms with Crippen LogP contribution in [-0.2, 0) is 11.1 Å². The number of ether oxygens (including phenoxy) is 3. The van der Waals surface area contributed by atoms with Crippen molar-refractivity contribution in [3.8, 4) is 28.5 Å². The Morgan fingerprint density at radius 2 is 1.78 bits per heavy atom. The monoisotopic (exact) mass is 582 g/mol. The van der Waals surface area contributed by atoms with E-state index in [1.54, 1.807) is 0 Å². The summed E-state index contributed by atoms with van der Waals surface area (Å²) in [5.74, 6) is -1.50. The number of carbonyl (C=O) groups excluding carboxylic acids is 1. The Morgan fingerprint density at radius 1 is 1.07 bits per heavy atom. The van der Waals surface area contributed by atoms with E-state index >= 15 is 0 Å². The summed E-state index contributed by atoms with van der Waals surface area (Å²) in [6.07, 6.45) is -4.27. The number of amides is 1. The Balaban J connectivity index is 2.08. The topological polar surface area (TPSA) is 149 Å². The zero-order chi connectivity index (χ0) is 30.6. The molecule has 2 heterocycles. The van der Waals surface area contributed by atoms with Gasteiger partial charge in [0.1, 0.15) is 18.1 Å². The van der Waals surface area contributed by atoms with Crippen LogP contribution in [0.2, 0.25) is 0 Å². The van der Waals surface area contributed by atoms with Crippen molar-refractivity contribution >= 4 is 5.91 Å². The van der Waals surface area contributed by atoms with Gasteiger partial charge in [0.2, 0.25) is 11.5 Å². The average molecular weight is 583 g/mol. The van der Waals surface area contributed by atoms with Crippen molar-refractivity contribution in [2.75, 3.05) is 34.0 Å². The van der Waals surface area contributed by atoms with E-state index in [0.717, 1.165) is 18.3 Å². The molecule has 0 aliphatic heterocycles. The molecule has 1 amide bonds. The molecule has 0 aliphatic carbocycles. The number of carbonyl (C=O) groups is 1. The second-order valence-electron chi connectivity index (χ2n) is 9.51. The summed E-state index contributed by atoms with van der Waals surface area (Å²) in [5.41, 5.74) is 0.273. The number of alkyl halides is 3. The van der Waals surface area contributed by atoms with Crippen molar-refractivity contribution in [1.82, 2.24) is 15.3 Å². The normalized spacial score (nSPS) is 13.3. The van der Waals surface area contributed by atoms with Gasteiger partial charge in [0.15, 0.2) is 11.5 Å². The van der Waals surface area contributed by atoms with Crippen LogP contribution in [-0.4, -0.2) is 66.2 Å². The number of rotatable bonds is 11. The molecule has 41 heavy (non-hydrogen) atoms. The SMILES string of the molecule is COc1cc(C(=O)NCC(O)(c2cc(C(C)(C)N)c(OC)c(-c3ccc(F)nc3)n2)C(F)(F)F)ccc1OCCO. The molecule has 222 valence electrons. The van der Waals surface area contributed by atoms with Crippen LogP contribution in [0.4, 0.5) is 17.6 Å². The summed E-state index contributed by atoms with van der Waals surface area (Å²) in [5, 5.41) is 22.1. The van der Waals surface area contributed by atoms with Gasteiger partial charge in [-0.05, 0) is 50.2 Å². The molecule has 1 unspecified atom stereocenters. The third kappa shape index (κ3) is 6.84. The van der Waals surface area contributed by atoms with Crippen molar-refractivity contribution < 1.29 is 46.8 Å². The predicted octanol–water partition coefficient (Wildman–Crippen LogP) is 3.04. The number of nitrogens with one attached hydrogen (secondary N) is 1. The minimum Gasteiger partial charge on any atom is -0.494 e. The van der Waals surface area contributed by atoms with Gasteiger partial charge in [-0.25, -0.2) is 9.97 Å². The Hall–Kier alpha value is -4.01. The third-order valence-corrected chi connectivity index (χ3v) is 6.04. The summed E-state index contributed by atoms with van der Waals surface area (Å²) < 4.78 is 72.9. The molecule has 0 saturated heterocycles. The van der Waals surface area contributed by atoms with E-state index in [0.29, 0.717) is 0 Å². The molecule has 1 aromatic carbocycles. The van der Waals surface area contributed by atoms with Gasteiger partial charge in [0.05, 0.1) is 33.1 Å². The molecule has 0 saturated carbocycles. The molecule has 0 bridgehead atoms. The number of aliphatic hydroxyl groups excluding tert-OH is 1. The Bertz CT molecular complexity index is 1380. The molecule has 0 radical (unpaired) electrons. The highest BCUT2D eigenvalue weighted by Gasteiger charge is 2.57. The van der Waals surface area contributed by atoms with Gasteiger partial charge >= 0.3 is 6.18 Å². The number of nitrogens with zero attached hydrogens (tertiary/aromatic N) is 2. The van der Waals surface area contributed by atoms with Gasteiger partial charge in [-0.3, -0.25) is 4.79 Å². The van der Waals surface area contributed by atoms with Crippen LogP contribution < -0.4 is 25.3 Å². The van der Waals surface area contributed by atoms with E-state index in [2.05, 4.69) is 15.3 Å². The standard InChI is InChI=1S/C27H30F4N4O6/c1-25(2,32)17-12-20(35-22(23(17)40-4)16-6-8-21(28)33-13-16)26(38,27(29,30)31)14-34-24(37)15-5-7-18(41-10-9-36)19(11-15)39-3/h5-8,11-13,36,38H,9-10,14,32H2,1-4H3,(H,34,37). The van der Waals surface area contributed by atoms with Crippen LogP contribution in [0, 0.1) is 5.95 Å². The van der Waals surface area contributed by atoms with E-state index in [-0.39, 0.29) is 52.8 Å². The van der Waals surface area contributed by atoms with Crippen LogP contribution in [0.25, 0.3) is 11.3 Å². The Morgan fingerprint density at radius 3 is 2.32 bits per heavy atom. The minimum absolute atomic E-state index is 0.00109. The van der Waals surface area contributed by atoms with Gasteiger partial charge in [-0.2, -0.15) is 17.6 Å². The lowest BCUT2D eigenvalue weighted by Gasteiger charge is -2.33. The Kier molecular flexibility index (Phi) is 9.41. The molecule has 0 aliphatic rings. The number of aliphatic hydroxyl groups is 2. The van der Waals surface area contributed by atoms with Crippen molar-refractivity contribution in [2.45, 2.75) is 31.2 Å². The highest BCUT2D eigenvalue weighted by molar-refractivity contribution is 5.95. The van der Waals surface area contributed by atoms with Crippen LogP contribution in [0.3, 0.4) is 0 Å². The summed E-state index contributed by atoms with van der Waals surface area (Å²) in [6, 6.07) is 7.03. The zero-order valence-electron chi connectivity index (χ0n) is 22.7. The fraction of sp³-hybridized carbons (Fsp3) is 0.370. The van der Waals surface area contributed by atoms with E-state index in [4.69, 9.17) is 25.1 Å². The molecule has 3 aromatic rings. The summed E-state index contributed by atoms with van der Waals surface area (Å²) >= 11 is 0. The molecular weight excluding hydrogens is 552 g/mol. The largest absolute Gasteiger partial charge is 0.494 e. The van der Waals surface area contributed by atoms with E-state index < -0.39 is 41.4 Å². The van der Waals surface area contributed by atoms with Gasteiger partial charge < -0.3 is 35.5 Å². The lowest BCUT2D eigenvalue weighted by molar-refractivity contribution is -0.265. The molecule has 0 fully saturated rings. The molecule has 10 nitrogen and oxygen atoms in total. The smallest absolute Gasteiger partial charge is 0.424 e. The third-order valence-electron chi connectivity index (χ3n) is 6.04. The Labute approximate surface area is 233 Å². The quantitative estimate of drug-likeness (QED) is 0.198. The molecular formula is C27H30F4N4O6. The molecule has 14 heteroatoms. The molecule has 1 atom stereocenters. The summed E-state index contributed by atoms with van der Waals surface area (Å²) in [6.45, 7) is 1.37. The highest BCUT2D eigenvalue weighted by Crippen LogP contribution is 2.43. The fourth-order valence-electron chi connectivity index (χ4n) is 3.87. The van der Waals surface area contributed by atoms with Crippen LogP contribution >= 0.6 is 0 Å². The predicted molar refractivity (Wildman–Crippen MR) is 139 cm³/mol. The van der Waals surface area contributed by atoms with Gasteiger partial charge in [-0.1, -0.05) is 0 Å². The maximum Gasteiger partial charge on any atom is 0.424 e. The number of hydrogen-bond acceptors (Lipinski definition) is 9. The summed E-state index contributed by atoms with van der Waals surface area (Å²) in [4.78, 5) is 20.4. The fourth-order valence-corrected chi connectivity index (χ4v) is 3.87.